The van der Waals surface area contributed by atoms with Gasteiger partial charge in [0, 0.05) is 31.3 Å². The van der Waals surface area contributed by atoms with Gasteiger partial charge in [-0.2, -0.15) is 0 Å². The fourth-order valence-electron chi connectivity index (χ4n) is 4.51. The average Bonchev–Trinajstić information content (AvgIpc) is 2.80. The van der Waals surface area contributed by atoms with Gasteiger partial charge in [-0.1, -0.05) is 30.3 Å². The van der Waals surface area contributed by atoms with E-state index in [1.54, 1.807) is 12.0 Å². The summed E-state index contributed by atoms with van der Waals surface area (Å²) < 4.78 is 5.10. The van der Waals surface area contributed by atoms with Crippen molar-refractivity contribution < 1.29 is 14.3 Å². The number of anilines is 1. The zero-order chi connectivity index (χ0) is 21.8. The van der Waals surface area contributed by atoms with Crippen molar-refractivity contribution in [3.05, 3.63) is 53.0 Å². The lowest BCUT2D eigenvalue weighted by molar-refractivity contribution is -0.136. The number of benzene rings is 1. The Morgan fingerprint density at radius 3 is 2.74 bits per heavy atom. The Kier molecular flexibility index (Phi) is 6.61. The number of carbonyl (C=O) groups excluding carboxylic acids is 2. The van der Waals surface area contributed by atoms with Gasteiger partial charge in [0.25, 0.3) is 0 Å². The summed E-state index contributed by atoms with van der Waals surface area (Å²) in [5, 5.41) is 0. The third kappa shape index (κ3) is 4.61. The second-order valence-corrected chi connectivity index (χ2v) is 8.28. The number of hydrogen-bond acceptors (Lipinski definition) is 5. The van der Waals surface area contributed by atoms with Gasteiger partial charge in [-0.05, 0) is 38.2 Å². The van der Waals surface area contributed by atoms with Crippen LogP contribution in [0.2, 0.25) is 0 Å². The molecule has 0 N–H and O–H groups in total. The number of amides is 2. The summed E-state index contributed by atoms with van der Waals surface area (Å²) in [5.41, 5.74) is 3.00. The quantitative estimate of drug-likeness (QED) is 0.714. The van der Waals surface area contributed by atoms with Crippen LogP contribution in [0, 0.1) is 6.92 Å². The molecular formula is C24H30N4O3. The summed E-state index contributed by atoms with van der Waals surface area (Å²) in [6.45, 7) is 3.59. The number of likely N-dealkylation sites (tertiary alicyclic amines) is 1. The molecule has 3 heterocycles. The summed E-state index contributed by atoms with van der Waals surface area (Å²) in [7, 11) is 1.61. The van der Waals surface area contributed by atoms with E-state index in [9.17, 15) is 9.59 Å². The van der Waals surface area contributed by atoms with Crippen molar-refractivity contribution in [3.63, 3.8) is 0 Å². The molecule has 4 rings (SSSR count). The highest BCUT2D eigenvalue weighted by Gasteiger charge is 2.33. The van der Waals surface area contributed by atoms with Crippen molar-refractivity contribution in [2.75, 3.05) is 25.2 Å². The van der Waals surface area contributed by atoms with Crippen molar-refractivity contribution in [2.45, 2.75) is 58.0 Å². The first-order valence-electron chi connectivity index (χ1n) is 11.1. The second kappa shape index (κ2) is 9.56. The Hall–Kier alpha value is -2.80. The molecule has 1 fully saturated rings. The fourth-order valence-corrected chi connectivity index (χ4v) is 4.51. The van der Waals surface area contributed by atoms with Gasteiger partial charge in [-0.25, -0.2) is 9.97 Å². The SMILES string of the molecule is COCCC(=O)N1CCCCC1c1nc(C)c2c(n1)N(Cc1ccccc1)C(=O)CC2. The first kappa shape index (κ1) is 21.4. The highest BCUT2D eigenvalue weighted by atomic mass is 16.5. The molecule has 2 aliphatic rings. The van der Waals surface area contributed by atoms with Crippen molar-refractivity contribution in [1.82, 2.24) is 14.9 Å². The molecule has 2 aliphatic heterocycles. The van der Waals surface area contributed by atoms with Crippen LogP contribution in [0.5, 0.6) is 0 Å². The number of nitrogens with zero attached hydrogens (tertiary/aromatic N) is 4. The molecule has 0 spiro atoms. The molecule has 1 unspecified atom stereocenters. The van der Waals surface area contributed by atoms with Gasteiger partial charge in [0.15, 0.2) is 5.82 Å². The van der Waals surface area contributed by atoms with Crippen LogP contribution in [0.15, 0.2) is 30.3 Å². The number of aryl methyl sites for hydroxylation is 1. The zero-order valence-corrected chi connectivity index (χ0v) is 18.3. The standard InChI is InChI=1S/C24H30N4O3/c1-17-19-11-12-21(29)28(16-18-8-4-3-5-9-18)24(19)26-23(25-17)20-10-6-7-14-27(20)22(30)13-15-31-2/h3-5,8-9,20H,6-7,10-16H2,1-2H3. The van der Waals surface area contributed by atoms with E-state index in [4.69, 9.17) is 14.7 Å². The average molecular weight is 423 g/mol. The maximum absolute atomic E-state index is 12.8. The van der Waals surface area contributed by atoms with E-state index in [0.717, 1.165) is 36.1 Å². The Bertz CT molecular complexity index is 947. The first-order valence-corrected chi connectivity index (χ1v) is 11.1. The van der Waals surface area contributed by atoms with E-state index in [0.29, 0.717) is 50.6 Å². The minimum atomic E-state index is -0.155. The van der Waals surface area contributed by atoms with Gasteiger partial charge in [0.2, 0.25) is 11.8 Å². The smallest absolute Gasteiger partial charge is 0.228 e. The number of methoxy groups -OCH3 is 1. The molecule has 0 radical (unpaired) electrons. The molecular weight excluding hydrogens is 392 g/mol. The molecule has 0 bridgehead atoms. The lowest BCUT2D eigenvalue weighted by atomic mass is 9.99. The maximum Gasteiger partial charge on any atom is 0.228 e. The number of fused-ring (bicyclic) bond motifs is 1. The summed E-state index contributed by atoms with van der Waals surface area (Å²) in [4.78, 5) is 39.0. The molecule has 1 aromatic heterocycles. The highest BCUT2D eigenvalue weighted by Crippen LogP contribution is 2.34. The zero-order valence-electron chi connectivity index (χ0n) is 18.3. The van der Waals surface area contributed by atoms with Gasteiger partial charge in [-0.15, -0.1) is 0 Å². The number of hydrogen-bond donors (Lipinski definition) is 0. The Morgan fingerprint density at radius 2 is 1.97 bits per heavy atom. The predicted molar refractivity (Wildman–Crippen MR) is 118 cm³/mol. The van der Waals surface area contributed by atoms with E-state index in [2.05, 4.69) is 0 Å². The Morgan fingerprint density at radius 1 is 1.16 bits per heavy atom. The molecule has 164 valence electrons. The minimum absolute atomic E-state index is 0.0720. The van der Waals surface area contributed by atoms with E-state index >= 15 is 0 Å². The van der Waals surface area contributed by atoms with Gasteiger partial charge < -0.3 is 9.64 Å². The molecule has 31 heavy (non-hydrogen) atoms. The molecule has 2 aromatic rings. The maximum atomic E-state index is 12.8. The monoisotopic (exact) mass is 422 g/mol. The van der Waals surface area contributed by atoms with E-state index in [-0.39, 0.29) is 17.9 Å². The third-order valence-corrected chi connectivity index (χ3v) is 6.18. The lowest BCUT2D eigenvalue weighted by Gasteiger charge is -2.36. The van der Waals surface area contributed by atoms with Crippen molar-refractivity contribution in [2.24, 2.45) is 0 Å². The van der Waals surface area contributed by atoms with Crippen LogP contribution in [-0.4, -0.2) is 46.9 Å². The number of aromatic nitrogens is 2. The topological polar surface area (TPSA) is 75.6 Å². The summed E-state index contributed by atoms with van der Waals surface area (Å²) >= 11 is 0. The van der Waals surface area contributed by atoms with E-state index in [1.165, 1.54) is 0 Å². The van der Waals surface area contributed by atoms with Gasteiger partial charge >= 0.3 is 0 Å². The van der Waals surface area contributed by atoms with Crippen LogP contribution < -0.4 is 4.90 Å². The minimum Gasteiger partial charge on any atom is -0.384 e. The molecule has 2 amide bonds. The van der Waals surface area contributed by atoms with Crippen LogP contribution in [-0.2, 0) is 27.3 Å². The number of ether oxygens (including phenoxy) is 1. The van der Waals surface area contributed by atoms with Crippen LogP contribution in [0.3, 0.4) is 0 Å². The summed E-state index contributed by atoms with van der Waals surface area (Å²) in [6, 6.07) is 9.82. The second-order valence-electron chi connectivity index (χ2n) is 8.28. The third-order valence-electron chi connectivity index (χ3n) is 6.18. The van der Waals surface area contributed by atoms with Crippen LogP contribution in [0.25, 0.3) is 0 Å². The summed E-state index contributed by atoms with van der Waals surface area (Å²) in [5.74, 6) is 1.51. The Balaban J connectivity index is 1.68. The van der Waals surface area contributed by atoms with E-state index in [1.807, 2.05) is 42.2 Å². The largest absolute Gasteiger partial charge is 0.384 e. The van der Waals surface area contributed by atoms with Gasteiger partial charge in [0.1, 0.15) is 5.82 Å². The van der Waals surface area contributed by atoms with Crippen LogP contribution in [0.4, 0.5) is 5.82 Å². The molecule has 7 heteroatoms. The van der Waals surface area contributed by atoms with Crippen LogP contribution >= 0.6 is 0 Å². The number of piperidine rings is 1. The number of carbonyl (C=O) groups is 2. The molecule has 1 aromatic carbocycles. The molecule has 1 atom stereocenters. The molecule has 7 nitrogen and oxygen atoms in total. The van der Waals surface area contributed by atoms with Crippen molar-refractivity contribution >= 4 is 17.6 Å². The molecule has 0 saturated carbocycles. The van der Waals surface area contributed by atoms with Crippen LogP contribution in [0.1, 0.15) is 60.8 Å². The van der Waals surface area contributed by atoms with Crippen molar-refractivity contribution in [3.8, 4) is 0 Å². The summed E-state index contributed by atoms with van der Waals surface area (Å²) in [6.07, 6.45) is 4.34. The number of rotatable bonds is 6. The van der Waals surface area contributed by atoms with E-state index < -0.39 is 0 Å². The van der Waals surface area contributed by atoms with Gasteiger partial charge in [-0.3, -0.25) is 14.5 Å². The first-order chi connectivity index (χ1) is 15.1. The normalized spacial score (nSPS) is 18.8. The highest BCUT2D eigenvalue weighted by molar-refractivity contribution is 5.95. The van der Waals surface area contributed by atoms with Gasteiger partial charge in [0.05, 0.1) is 25.6 Å². The lowest BCUT2D eigenvalue weighted by Crippen LogP contribution is -2.41. The Labute approximate surface area is 183 Å². The fraction of sp³-hybridized carbons (Fsp3) is 0.500. The molecule has 0 aliphatic carbocycles. The predicted octanol–water partition coefficient (Wildman–Crippen LogP) is 3.35. The van der Waals surface area contributed by atoms with Crippen molar-refractivity contribution in [1.29, 1.82) is 0 Å². The molecule has 1 saturated heterocycles.